The molecule has 17 heteroatoms. The maximum Gasteiger partial charge on any atom is 0.413 e. The summed E-state index contributed by atoms with van der Waals surface area (Å²) in [5, 5.41) is 15.4. The number of alkyl halides is 2. The fourth-order valence-electron chi connectivity index (χ4n) is 4.68. The van der Waals surface area contributed by atoms with Crippen molar-refractivity contribution in [1.82, 2.24) is 30.3 Å². The van der Waals surface area contributed by atoms with Gasteiger partial charge in [0.2, 0.25) is 17.8 Å². The second-order valence-corrected chi connectivity index (χ2v) is 11.7. The van der Waals surface area contributed by atoms with E-state index in [2.05, 4.69) is 36.2 Å². The largest absolute Gasteiger partial charge is 0.444 e. The molecule has 3 aromatic rings. The number of carbonyl (C=O) groups is 3. The molecule has 0 saturated heterocycles. The lowest BCUT2D eigenvalue weighted by molar-refractivity contribution is -0.173. The number of hydrogen-bond acceptors (Lipinski definition) is 9. The summed E-state index contributed by atoms with van der Waals surface area (Å²) in [6, 6.07) is 3.79. The number of ether oxygens (including phenoxy) is 2. The Labute approximate surface area is 255 Å². The number of pyridine rings is 2. The fraction of sp³-hybridized carbons (Fsp3) is 0.464. The number of hydrogen-bond donors (Lipinski definition) is 3. The van der Waals surface area contributed by atoms with Gasteiger partial charge >= 0.3 is 12.2 Å². The van der Waals surface area contributed by atoms with Gasteiger partial charge in [0.05, 0.1) is 34.3 Å². The SMILES string of the molecule is Cc1nc(-c2nnn(C)c2NC(=O)O[C@H](C)c2cc(F)cnc2F)ccc1NC(=O)C1(CNC(=O)OC(C)(C)C)CC(F)(F)C1. The van der Waals surface area contributed by atoms with E-state index < -0.39 is 65.7 Å². The van der Waals surface area contributed by atoms with Crippen LogP contribution in [-0.4, -0.2) is 61.1 Å². The molecule has 0 unspecified atom stereocenters. The number of carbonyl (C=O) groups excluding carboxylic acids is 3. The number of anilines is 2. The van der Waals surface area contributed by atoms with Gasteiger partial charge in [-0.3, -0.25) is 10.1 Å². The molecule has 0 spiro atoms. The molecule has 4 rings (SSSR count). The van der Waals surface area contributed by atoms with Crippen LogP contribution < -0.4 is 16.0 Å². The van der Waals surface area contributed by atoms with E-state index in [1.165, 1.54) is 30.8 Å². The minimum atomic E-state index is -3.07. The lowest BCUT2D eigenvalue weighted by Crippen LogP contribution is -2.58. The molecule has 1 aliphatic carbocycles. The van der Waals surface area contributed by atoms with E-state index in [-0.39, 0.29) is 40.7 Å². The summed E-state index contributed by atoms with van der Waals surface area (Å²) in [5.41, 5.74) is -1.83. The van der Waals surface area contributed by atoms with E-state index in [1.54, 1.807) is 27.7 Å². The Morgan fingerprint density at radius 1 is 1.11 bits per heavy atom. The van der Waals surface area contributed by atoms with Gasteiger partial charge in [-0.25, -0.2) is 37.4 Å². The Bertz CT molecular complexity index is 1620. The molecule has 0 radical (unpaired) electrons. The summed E-state index contributed by atoms with van der Waals surface area (Å²) >= 11 is 0. The summed E-state index contributed by atoms with van der Waals surface area (Å²) in [6.45, 7) is 7.47. The standard InChI is InChI=1S/C28H32F4N8O5/c1-14-18(36-23(41)27(11-28(31,32)12-27)13-34-24(42)45-26(3,4)5)7-8-19(35-14)20-22(40(6)39-38-20)37-25(43)44-15(2)17-9-16(29)10-33-21(17)30/h7-10,15H,11-13H2,1-6H3,(H,34,42)(H,36,41)(H,37,43)/t15-/m1/s1. The van der Waals surface area contributed by atoms with E-state index in [0.29, 0.717) is 6.20 Å². The van der Waals surface area contributed by atoms with Gasteiger partial charge in [0.1, 0.15) is 17.5 Å². The second-order valence-electron chi connectivity index (χ2n) is 11.7. The molecule has 45 heavy (non-hydrogen) atoms. The zero-order valence-electron chi connectivity index (χ0n) is 25.3. The number of nitrogens with one attached hydrogen (secondary N) is 3. The van der Waals surface area contributed by atoms with Crippen LogP contribution in [0.25, 0.3) is 11.4 Å². The molecule has 0 aromatic carbocycles. The summed E-state index contributed by atoms with van der Waals surface area (Å²) in [4.78, 5) is 45.6. The zero-order chi connectivity index (χ0) is 33.3. The third-order valence-electron chi connectivity index (χ3n) is 6.82. The molecule has 0 aliphatic heterocycles. The molecule has 0 bridgehead atoms. The maximum absolute atomic E-state index is 14.0. The Morgan fingerprint density at radius 2 is 1.80 bits per heavy atom. The first kappa shape index (κ1) is 33.1. The number of alkyl carbamates (subject to hydrolysis) is 1. The highest BCUT2D eigenvalue weighted by atomic mass is 19.3. The molecule has 1 aliphatic rings. The van der Waals surface area contributed by atoms with Crippen molar-refractivity contribution in [3.63, 3.8) is 0 Å². The first-order valence-electron chi connectivity index (χ1n) is 13.7. The predicted octanol–water partition coefficient (Wildman–Crippen LogP) is 5.05. The van der Waals surface area contributed by atoms with E-state index >= 15 is 0 Å². The van der Waals surface area contributed by atoms with Crippen LogP contribution in [0.1, 0.15) is 57.9 Å². The highest BCUT2D eigenvalue weighted by Gasteiger charge is 2.61. The van der Waals surface area contributed by atoms with Crippen molar-refractivity contribution in [3.05, 3.63) is 47.4 Å². The topological polar surface area (TPSA) is 162 Å². The van der Waals surface area contributed by atoms with Gasteiger partial charge in [0.15, 0.2) is 11.5 Å². The average molecular weight is 637 g/mol. The van der Waals surface area contributed by atoms with E-state index in [0.717, 1.165) is 6.07 Å². The Morgan fingerprint density at radius 3 is 2.42 bits per heavy atom. The van der Waals surface area contributed by atoms with E-state index in [1.807, 2.05) is 0 Å². The molecule has 3 amide bonds. The highest BCUT2D eigenvalue weighted by molar-refractivity contribution is 5.97. The number of nitrogens with zero attached hydrogens (tertiary/aromatic N) is 5. The summed E-state index contributed by atoms with van der Waals surface area (Å²) < 4.78 is 66.9. The second kappa shape index (κ2) is 12.3. The molecule has 1 saturated carbocycles. The van der Waals surface area contributed by atoms with Gasteiger partial charge in [-0.05, 0) is 52.8 Å². The van der Waals surface area contributed by atoms with Crippen LogP contribution in [0, 0.1) is 24.1 Å². The Kier molecular flexibility index (Phi) is 9.02. The maximum atomic E-state index is 14.0. The Hall–Kier alpha value is -4.83. The summed E-state index contributed by atoms with van der Waals surface area (Å²) in [6.07, 6.45) is -3.90. The fourth-order valence-corrected chi connectivity index (χ4v) is 4.68. The molecule has 3 N–H and O–H groups in total. The predicted molar refractivity (Wildman–Crippen MR) is 151 cm³/mol. The smallest absolute Gasteiger partial charge is 0.413 e. The summed E-state index contributed by atoms with van der Waals surface area (Å²) in [7, 11) is 1.48. The minimum absolute atomic E-state index is 0.0533. The monoisotopic (exact) mass is 636 g/mol. The van der Waals surface area contributed by atoms with E-state index in [9.17, 15) is 31.9 Å². The van der Waals surface area contributed by atoms with E-state index in [4.69, 9.17) is 9.47 Å². The molecule has 1 fully saturated rings. The molecular weight excluding hydrogens is 604 g/mol. The minimum Gasteiger partial charge on any atom is -0.444 e. The third-order valence-corrected chi connectivity index (χ3v) is 6.82. The zero-order valence-corrected chi connectivity index (χ0v) is 25.3. The lowest BCUT2D eigenvalue weighted by atomic mass is 9.65. The van der Waals surface area contributed by atoms with Crippen LogP contribution >= 0.6 is 0 Å². The number of aryl methyl sites for hydroxylation is 2. The van der Waals surface area contributed by atoms with Crippen LogP contribution in [0.3, 0.4) is 0 Å². The van der Waals surface area contributed by atoms with Crippen LogP contribution in [0.15, 0.2) is 24.4 Å². The van der Waals surface area contributed by atoms with Crippen molar-refractivity contribution in [2.45, 2.75) is 65.1 Å². The van der Waals surface area contributed by atoms with Crippen LogP contribution in [0.2, 0.25) is 0 Å². The van der Waals surface area contributed by atoms with Crippen molar-refractivity contribution in [3.8, 4) is 11.4 Å². The van der Waals surface area contributed by atoms with Crippen molar-refractivity contribution in [1.29, 1.82) is 0 Å². The number of amides is 3. The van der Waals surface area contributed by atoms with Gasteiger partial charge in [-0.1, -0.05) is 5.21 Å². The van der Waals surface area contributed by atoms with Crippen LogP contribution in [0.5, 0.6) is 0 Å². The van der Waals surface area contributed by atoms with Crippen molar-refractivity contribution < 1.29 is 41.4 Å². The average Bonchev–Trinajstić information content (AvgIpc) is 3.26. The van der Waals surface area contributed by atoms with Gasteiger partial charge in [-0.15, -0.1) is 5.10 Å². The first-order valence-corrected chi connectivity index (χ1v) is 13.7. The molecule has 13 nitrogen and oxygen atoms in total. The molecule has 242 valence electrons. The van der Waals surface area contributed by atoms with Crippen LogP contribution in [-0.2, 0) is 21.3 Å². The number of aromatic nitrogens is 5. The van der Waals surface area contributed by atoms with Crippen molar-refractivity contribution in [2.24, 2.45) is 12.5 Å². The van der Waals surface area contributed by atoms with Crippen molar-refractivity contribution in [2.75, 3.05) is 17.2 Å². The van der Waals surface area contributed by atoms with Gasteiger partial charge in [-0.2, -0.15) is 4.39 Å². The number of rotatable bonds is 8. The highest BCUT2D eigenvalue weighted by Crippen LogP contribution is 2.52. The quantitative estimate of drug-likeness (QED) is 0.227. The lowest BCUT2D eigenvalue weighted by Gasteiger charge is -2.45. The normalized spacial score (nSPS) is 15.8. The molecular formula is C28H32F4N8O5. The van der Waals surface area contributed by atoms with Gasteiger partial charge in [0, 0.05) is 26.4 Å². The molecule has 3 heterocycles. The number of halogens is 4. The molecule has 3 aromatic heterocycles. The first-order chi connectivity index (χ1) is 20.9. The van der Waals surface area contributed by atoms with Gasteiger partial charge < -0.3 is 20.1 Å². The molecule has 1 atom stereocenters. The Balaban J connectivity index is 1.46. The van der Waals surface area contributed by atoms with Crippen molar-refractivity contribution >= 4 is 29.6 Å². The van der Waals surface area contributed by atoms with Gasteiger partial charge in [0.25, 0.3) is 0 Å². The third kappa shape index (κ3) is 7.82. The summed E-state index contributed by atoms with van der Waals surface area (Å²) in [5.74, 6) is -5.55. The van der Waals surface area contributed by atoms with Crippen LogP contribution in [0.4, 0.5) is 38.7 Å².